The average molecular weight is 835 g/mol. The molecule has 0 amide bonds. The zero-order valence-corrected chi connectivity index (χ0v) is 32.3. The van der Waals surface area contributed by atoms with Crippen LogP contribution in [-0.2, 0) is 27.0 Å². The molecule has 0 N–H and O–H groups in total. The Morgan fingerprint density at radius 3 is 1.64 bits per heavy atom. The number of hydrazone groups is 2. The van der Waals surface area contributed by atoms with Crippen molar-refractivity contribution in [1.82, 2.24) is 19.8 Å². The van der Waals surface area contributed by atoms with Gasteiger partial charge in [0.05, 0.1) is 12.7 Å². The van der Waals surface area contributed by atoms with Gasteiger partial charge in [0.1, 0.15) is 0 Å². The molecule has 45 heavy (non-hydrogen) atoms. The van der Waals surface area contributed by atoms with Crippen LogP contribution in [0.2, 0.25) is 0 Å². The summed E-state index contributed by atoms with van der Waals surface area (Å²) in [5, 5.41) is 13.7. The second-order valence-corrected chi connectivity index (χ2v) is 20.8. The summed E-state index contributed by atoms with van der Waals surface area (Å²) in [6.45, 7) is 18.0. The van der Waals surface area contributed by atoms with Gasteiger partial charge < -0.3 is 19.8 Å². The van der Waals surface area contributed by atoms with Crippen molar-refractivity contribution in [3.05, 3.63) is 85.1 Å². The summed E-state index contributed by atoms with van der Waals surface area (Å²) in [6.07, 6.45) is 11.8. The van der Waals surface area contributed by atoms with Gasteiger partial charge in [0.2, 0.25) is 0 Å². The molecule has 2 aliphatic heterocycles. The van der Waals surface area contributed by atoms with Gasteiger partial charge in [0, 0.05) is 25.2 Å². The summed E-state index contributed by atoms with van der Waals surface area (Å²) in [4.78, 5) is 4.38. The summed E-state index contributed by atoms with van der Waals surface area (Å²) in [5.74, 6) is 3.84. The van der Waals surface area contributed by atoms with Crippen molar-refractivity contribution < 1.29 is 13.9 Å². The van der Waals surface area contributed by atoms with E-state index in [9.17, 15) is 0 Å². The summed E-state index contributed by atoms with van der Waals surface area (Å²) in [5.41, 5.74) is 2.64. The Hall–Kier alpha value is -1.40. The topological polar surface area (TPSA) is 37.7 Å². The molecule has 0 radical (unpaired) electrons. The van der Waals surface area contributed by atoms with E-state index < -0.39 is 0 Å². The first-order valence-corrected chi connectivity index (χ1v) is 23.6. The third-order valence-electron chi connectivity index (χ3n) is 9.70. The number of rotatable bonds is 7. The van der Waals surface area contributed by atoms with Gasteiger partial charge in [0.25, 0.3) is 0 Å². The third-order valence-corrected chi connectivity index (χ3v) is 9.70. The fraction of sp³-hybridized carbons (Fsp3) is 0.556. The Morgan fingerprint density at radius 2 is 1.16 bits per heavy atom. The molecule has 0 spiro atoms. The van der Waals surface area contributed by atoms with Gasteiger partial charge in [-0.1, -0.05) is 108 Å². The second-order valence-electron chi connectivity index (χ2n) is 13.7. The third kappa shape index (κ3) is 11.4. The quantitative estimate of drug-likeness (QED) is 0.206. The SMILES string of the molecule is CC(C)[C@H]1CC[C@H](C)C[C@H]1N1[CH-]N(Cc2ccccc2)C=N1.C[C@H]1CC[C@H](C)[C@H](N2[CH-]N(Cc3ccccc3)C=N2)C1.[Br][Pd][Br]. The molecule has 4 aliphatic rings. The molecule has 2 aliphatic carbocycles. The molecule has 2 fully saturated rings. The van der Waals surface area contributed by atoms with E-state index in [-0.39, 0.29) is 0 Å². The molecule has 0 aromatic heterocycles. The van der Waals surface area contributed by atoms with Gasteiger partial charge in [-0.15, -0.1) is 13.3 Å². The molecule has 0 saturated heterocycles. The summed E-state index contributed by atoms with van der Waals surface area (Å²) in [6, 6.07) is 22.3. The first-order valence-electron chi connectivity index (χ1n) is 16.5. The number of hydrogen-bond acceptors (Lipinski definition) is 6. The fourth-order valence-electron chi connectivity index (χ4n) is 7.10. The van der Waals surface area contributed by atoms with Crippen LogP contribution in [0.3, 0.4) is 0 Å². The van der Waals surface area contributed by atoms with E-state index in [1.807, 2.05) is 12.7 Å². The summed E-state index contributed by atoms with van der Waals surface area (Å²) in [7, 11) is 0. The summed E-state index contributed by atoms with van der Waals surface area (Å²) >= 11 is 6.80. The van der Waals surface area contributed by atoms with Crippen LogP contribution in [0.5, 0.6) is 0 Å². The molecule has 0 unspecified atom stereocenters. The van der Waals surface area contributed by atoms with E-state index >= 15 is 0 Å². The van der Waals surface area contributed by atoms with Crippen molar-refractivity contribution in [2.24, 2.45) is 39.8 Å². The van der Waals surface area contributed by atoms with Crippen LogP contribution in [-0.4, -0.2) is 44.6 Å². The van der Waals surface area contributed by atoms with Crippen LogP contribution < -0.4 is 0 Å². The van der Waals surface area contributed by atoms with Crippen LogP contribution in [0, 0.1) is 42.9 Å². The van der Waals surface area contributed by atoms with Crippen molar-refractivity contribution in [1.29, 1.82) is 0 Å². The van der Waals surface area contributed by atoms with Gasteiger partial charge >= 0.3 is 40.8 Å². The van der Waals surface area contributed by atoms with Gasteiger partial charge in [-0.05, 0) is 66.4 Å². The van der Waals surface area contributed by atoms with E-state index in [4.69, 9.17) is 0 Å². The number of hydrogen-bond donors (Lipinski definition) is 0. The number of nitrogens with zero attached hydrogens (tertiary/aromatic N) is 6. The van der Waals surface area contributed by atoms with Gasteiger partial charge in [-0.3, -0.25) is 0 Å². The number of benzene rings is 2. The Labute approximate surface area is 294 Å². The maximum atomic E-state index is 4.68. The van der Waals surface area contributed by atoms with Crippen molar-refractivity contribution in [2.75, 3.05) is 0 Å². The molecular weight excluding hydrogens is 783 g/mol. The first-order chi connectivity index (χ1) is 21.8. The molecule has 2 aromatic carbocycles. The molecule has 2 saturated carbocycles. The van der Waals surface area contributed by atoms with Crippen molar-refractivity contribution >= 4 is 39.5 Å². The Morgan fingerprint density at radius 1 is 0.711 bits per heavy atom. The van der Waals surface area contributed by atoms with Crippen LogP contribution >= 0.6 is 26.9 Å². The van der Waals surface area contributed by atoms with Crippen LogP contribution in [0.25, 0.3) is 0 Å². The van der Waals surface area contributed by atoms with Crippen molar-refractivity contribution in [3.63, 3.8) is 0 Å². The first kappa shape index (κ1) is 36.4. The van der Waals surface area contributed by atoms with Gasteiger partial charge in [0.15, 0.2) is 0 Å². The summed E-state index contributed by atoms with van der Waals surface area (Å²) < 4.78 is 0. The van der Waals surface area contributed by atoms with E-state index in [1.54, 1.807) is 0 Å². The van der Waals surface area contributed by atoms with E-state index in [0.717, 1.165) is 42.7 Å². The van der Waals surface area contributed by atoms with Crippen LogP contribution in [0.4, 0.5) is 0 Å². The minimum absolute atomic E-state index is 0.556. The molecule has 6 rings (SSSR count). The second kappa shape index (κ2) is 18.8. The van der Waals surface area contributed by atoms with E-state index in [0.29, 0.717) is 26.0 Å². The molecule has 0 bridgehead atoms. The molecule has 6 atom stereocenters. The van der Waals surface area contributed by atoms with Gasteiger partial charge in [-0.25, -0.2) is 10.2 Å². The average Bonchev–Trinajstić information content (AvgIpc) is 3.70. The number of halogens is 2. The van der Waals surface area contributed by atoms with E-state index in [2.05, 4.69) is 165 Å². The zero-order chi connectivity index (χ0) is 32.2. The monoisotopic (exact) mass is 832 g/mol. The van der Waals surface area contributed by atoms with Crippen LogP contribution in [0.15, 0.2) is 70.9 Å². The molecule has 9 heteroatoms. The van der Waals surface area contributed by atoms with Crippen molar-refractivity contribution in [2.45, 2.75) is 98.3 Å². The zero-order valence-electron chi connectivity index (χ0n) is 27.5. The predicted molar refractivity (Wildman–Crippen MR) is 192 cm³/mol. The molecule has 6 nitrogen and oxygen atoms in total. The van der Waals surface area contributed by atoms with Crippen molar-refractivity contribution in [3.8, 4) is 0 Å². The normalized spacial score (nSPS) is 27.8. The predicted octanol–water partition coefficient (Wildman–Crippen LogP) is 9.71. The molecule has 252 valence electrons. The standard InChI is InChI=1S/C19H28N3.C17H24N3.2BrH.Pd/c1-15(2)18-10-9-16(3)11-19(18)22-14-21(13-20-22)12-17-7-5-4-6-8-17;1-14-8-9-15(2)17(10-14)20-13-19(12-18-20)11-16-6-4-3-5-7-16;;;/h4-8,13-16,18-19H,9-12H2,1-3H3;3-7,12-15,17H,8-11H2,1-2H3;2*1H;/q2*-1;;;+2/p-2/t16-,18+,19+;14-,15-,17+;;;/m00.../s1. The van der Waals surface area contributed by atoms with E-state index in [1.165, 1.54) is 49.7 Å². The molecule has 2 heterocycles. The Balaban J connectivity index is 0.000000189. The molecular formula is C36H52Br2N6Pd-2. The Kier molecular flexibility index (Phi) is 15.2. The molecule has 2 aromatic rings. The maximum absolute atomic E-state index is 4.68. The van der Waals surface area contributed by atoms with Crippen LogP contribution in [0.1, 0.15) is 84.3 Å². The van der Waals surface area contributed by atoms with Gasteiger partial charge in [-0.2, -0.15) is 0 Å². The Bertz CT molecular complexity index is 1170. The minimum atomic E-state index is 0.556. The fourth-order valence-corrected chi connectivity index (χ4v) is 7.10.